The quantitative estimate of drug-likeness (QED) is 0.688. The third-order valence-electron chi connectivity index (χ3n) is 6.78. The van der Waals surface area contributed by atoms with Crippen LogP contribution in [-0.4, -0.2) is 52.9 Å². The van der Waals surface area contributed by atoms with Crippen LogP contribution in [0.2, 0.25) is 0 Å². The fourth-order valence-electron chi connectivity index (χ4n) is 5.29. The fraction of sp³-hybridized carbons (Fsp3) is 0.280. The van der Waals surface area contributed by atoms with Crippen LogP contribution in [0.15, 0.2) is 67.0 Å². The van der Waals surface area contributed by atoms with E-state index in [0.717, 1.165) is 28.3 Å². The summed E-state index contributed by atoms with van der Waals surface area (Å²) in [4.78, 5) is 21.6. The van der Waals surface area contributed by atoms with E-state index < -0.39 is 0 Å². The lowest BCUT2D eigenvalue weighted by Crippen LogP contribution is -2.68. The molecule has 7 heteroatoms. The van der Waals surface area contributed by atoms with Crippen LogP contribution in [0.5, 0.6) is 11.5 Å². The second-order valence-corrected chi connectivity index (χ2v) is 8.42. The molecule has 162 valence electrons. The molecule has 3 aliphatic rings. The number of rotatable bonds is 4. The van der Waals surface area contributed by atoms with Gasteiger partial charge in [-0.15, -0.1) is 0 Å². The first-order valence-corrected chi connectivity index (χ1v) is 10.8. The zero-order chi connectivity index (χ0) is 21.7. The summed E-state index contributed by atoms with van der Waals surface area (Å²) < 4.78 is 11.0. The molecule has 32 heavy (non-hydrogen) atoms. The van der Waals surface area contributed by atoms with E-state index in [4.69, 9.17) is 9.47 Å². The third-order valence-corrected chi connectivity index (χ3v) is 6.78. The number of benzene rings is 2. The van der Waals surface area contributed by atoms with Crippen molar-refractivity contribution < 1.29 is 19.4 Å². The topological polar surface area (TPSA) is 75.1 Å². The van der Waals surface area contributed by atoms with Gasteiger partial charge in [0.25, 0.3) is 5.91 Å². The Labute approximate surface area is 185 Å². The van der Waals surface area contributed by atoms with Crippen molar-refractivity contribution in [3.63, 3.8) is 0 Å². The van der Waals surface area contributed by atoms with Gasteiger partial charge in [-0.2, -0.15) is 0 Å². The predicted molar refractivity (Wildman–Crippen MR) is 118 cm³/mol. The van der Waals surface area contributed by atoms with Crippen LogP contribution in [0.4, 0.5) is 5.69 Å². The van der Waals surface area contributed by atoms with Gasteiger partial charge in [-0.25, -0.2) is 0 Å². The first-order chi connectivity index (χ1) is 15.7. The lowest BCUT2D eigenvalue weighted by atomic mass is 9.71. The first kappa shape index (κ1) is 19.3. The van der Waals surface area contributed by atoms with Gasteiger partial charge in [0.15, 0.2) is 11.5 Å². The summed E-state index contributed by atoms with van der Waals surface area (Å²) in [6.45, 7) is 1.54. The molecule has 3 atom stereocenters. The zero-order valence-electron chi connectivity index (χ0n) is 17.4. The van der Waals surface area contributed by atoms with Crippen LogP contribution in [-0.2, 0) is 6.54 Å². The number of para-hydroxylation sites is 1. The van der Waals surface area contributed by atoms with E-state index in [0.29, 0.717) is 18.7 Å². The standard InChI is InChI=1S/C25H23N3O4/c29-14-21-24-18-5-1-2-6-19(18)28(25(30)17-4-3-9-26-11-17)13-20(24)27(21)12-16-7-8-22-23(10-16)32-15-31-22/h1-11,20-21,24,29H,12-15H2/t20-,21+,24+/m0/s1. The number of anilines is 1. The molecule has 1 fully saturated rings. The highest BCUT2D eigenvalue weighted by Gasteiger charge is 2.53. The Bertz CT molecular complexity index is 1170. The van der Waals surface area contributed by atoms with E-state index >= 15 is 0 Å². The van der Waals surface area contributed by atoms with Crippen molar-refractivity contribution in [3.8, 4) is 11.5 Å². The fourth-order valence-corrected chi connectivity index (χ4v) is 5.29. The number of fused-ring (bicyclic) bond motifs is 4. The van der Waals surface area contributed by atoms with E-state index in [1.54, 1.807) is 24.5 Å². The highest BCUT2D eigenvalue weighted by molar-refractivity contribution is 6.06. The Morgan fingerprint density at radius 2 is 1.97 bits per heavy atom. The van der Waals surface area contributed by atoms with E-state index in [1.165, 1.54) is 0 Å². The molecular weight excluding hydrogens is 406 g/mol. The van der Waals surface area contributed by atoms with Crippen molar-refractivity contribution in [1.29, 1.82) is 0 Å². The Kier molecular flexibility index (Phi) is 4.59. The number of hydrogen-bond acceptors (Lipinski definition) is 6. The number of ether oxygens (including phenoxy) is 2. The lowest BCUT2D eigenvalue weighted by molar-refractivity contribution is -0.0488. The highest BCUT2D eigenvalue weighted by atomic mass is 16.7. The maximum absolute atomic E-state index is 13.4. The van der Waals surface area contributed by atoms with Crippen LogP contribution in [0.3, 0.4) is 0 Å². The predicted octanol–water partition coefficient (Wildman–Crippen LogP) is 2.80. The Hall–Kier alpha value is -3.42. The summed E-state index contributed by atoms with van der Waals surface area (Å²) in [7, 11) is 0. The molecule has 3 aromatic rings. The van der Waals surface area contributed by atoms with Crippen LogP contribution in [0.25, 0.3) is 0 Å². The molecule has 1 amide bonds. The molecule has 2 aromatic carbocycles. The molecule has 0 unspecified atom stereocenters. The number of likely N-dealkylation sites (tertiary alicyclic amines) is 1. The minimum absolute atomic E-state index is 0.00205. The average molecular weight is 429 g/mol. The molecule has 4 heterocycles. The summed E-state index contributed by atoms with van der Waals surface area (Å²) in [5.41, 5.74) is 3.70. The summed E-state index contributed by atoms with van der Waals surface area (Å²) in [5.74, 6) is 1.64. The summed E-state index contributed by atoms with van der Waals surface area (Å²) in [6.07, 6.45) is 3.28. The van der Waals surface area contributed by atoms with Crippen molar-refractivity contribution in [3.05, 3.63) is 83.7 Å². The molecule has 6 rings (SSSR count). The molecule has 0 aliphatic carbocycles. The smallest absolute Gasteiger partial charge is 0.259 e. The van der Waals surface area contributed by atoms with Crippen LogP contribution < -0.4 is 14.4 Å². The normalized spacial score (nSPS) is 23.3. The van der Waals surface area contributed by atoms with Crippen molar-refractivity contribution in [2.75, 3.05) is 24.8 Å². The van der Waals surface area contributed by atoms with Crippen LogP contribution in [0.1, 0.15) is 27.4 Å². The number of hydrogen-bond donors (Lipinski definition) is 1. The second kappa shape index (κ2) is 7.62. The molecule has 0 saturated carbocycles. The number of amides is 1. The first-order valence-electron chi connectivity index (χ1n) is 10.8. The molecular formula is C25H23N3O4. The number of nitrogens with zero attached hydrogens (tertiary/aromatic N) is 3. The molecule has 0 radical (unpaired) electrons. The van der Waals surface area contributed by atoms with E-state index in [2.05, 4.69) is 16.0 Å². The summed E-state index contributed by atoms with van der Waals surface area (Å²) in [5, 5.41) is 10.2. The maximum Gasteiger partial charge on any atom is 0.259 e. The van der Waals surface area contributed by atoms with Crippen molar-refractivity contribution in [2.45, 2.75) is 24.5 Å². The maximum atomic E-state index is 13.4. The summed E-state index contributed by atoms with van der Waals surface area (Å²) >= 11 is 0. The second-order valence-electron chi connectivity index (χ2n) is 8.42. The van der Waals surface area contributed by atoms with Gasteiger partial charge in [0.05, 0.1) is 12.2 Å². The molecule has 7 nitrogen and oxygen atoms in total. The van der Waals surface area contributed by atoms with Crippen LogP contribution in [0, 0.1) is 0 Å². The van der Waals surface area contributed by atoms with Gasteiger partial charge in [0, 0.05) is 49.2 Å². The van der Waals surface area contributed by atoms with Gasteiger partial charge in [0.2, 0.25) is 6.79 Å². The molecule has 1 aromatic heterocycles. The van der Waals surface area contributed by atoms with Crippen molar-refractivity contribution in [1.82, 2.24) is 9.88 Å². The van der Waals surface area contributed by atoms with Crippen molar-refractivity contribution in [2.24, 2.45) is 0 Å². The van der Waals surface area contributed by atoms with Crippen molar-refractivity contribution >= 4 is 11.6 Å². The molecule has 0 spiro atoms. The van der Waals surface area contributed by atoms with Gasteiger partial charge in [0.1, 0.15) is 0 Å². The van der Waals surface area contributed by atoms with Gasteiger partial charge in [-0.1, -0.05) is 24.3 Å². The average Bonchev–Trinajstić information content (AvgIpc) is 3.30. The lowest BCUT2D eigenvalue weighted by Gasteiger charge is -2.59. The molecule has 0 bridgehead atoms. The molecule has 3 aliphatic heterocycles. The monoisotopic (exact) mass is 429 g/mol. The van der Waals surface area contributed by atoms with E-state index in [-0.39, 0.29) is 37.3 Å². The number of carbonyl (C=O) groups is 1. The van der Waals surface area contributed by atoms with E-state index in [9.17, 15) is 9.90 Å². The zero-order valence-corrected chi connectivity index (χ0v) is 17.4. The Morgan fingerprint density at radius 3 is 2.81 bits per heavy atom. The highest BCUT2D eigenvalue weighted by Crippen LogP contribution is 2.49. The minimum atomic E-state index is -0.0560. The SMILES string of the molecule is O=C(c1cccnc1)N1C[C@H]2[C@@H](c3ccccc31)[C@@H](CO)N2Cc1ccc2c(c1)OCO2. The summed E-state index contributed by atoms with van der Waals surface area (Å²) in [6, 6.07) is 17.7. The number of aliphatic hydroxyl groups excluding tert-OH is 1. The largest absolute Gasteiger partial charge is 0.454 e. The number of carbonyl (C=O) groups excluding carboxylic acids is 1. The Morgan fingerprint density at radius 1 is 1.09 bits per heavy atom. The minimum Gasteiger partial charge on any atom is -0.454 e. The van der Waals surface area contributed by atoms with E-state index in [1.807, 2.05) is 41.3 Å². The van der Waals surface area contributed by atoms with Gasteiger partial charge in [-0.3, -0.25) is 14.7 Å². The number of aromatic nitrogens is 1. The van der Waals surface area contributed by atoms with Gasteiger partial charge < -0.3 is 19.5 Å². The van der Waals surface area contributed by atoms with Gasteiger partial charge >= 0.3 is 0 Å². The number of pyridine rings is 1. The molecule has 1 N–H and O–H groups in total. The molecule has 1 saturated heterocycles. The van der Waals surface area contributed by atoms with Gasteiger partial charge in [-0.05, 0) is 41.5 Å². The van der Waals surface area contributed by atoms with Crippen LogP contribution >= 0.6 is 0 Å². The third kappa shape index (κ3) is 2.97. The Balaban J connectivity index is 1.33. The number of aliphatic hydroxyl groups is 1.